The van der Waals surface area contributed by atoms with E-state index in [9.17, 15) is 26.4 Å². The van der Waals surface area contributed by atoms with Crippen LogP contribution in [-0.2, 0) is 15.6 Å². The number of carbonyl (C=O) groups is 1. The summed E-state index contributed by atoms with van der Waals surface area (Å²) in [6.45, 7) is 0. The number of nitrogens with one attached hydrogen (secondary N) is 2. The number of aromatic carboxylic acids is 1. The van der Waals surface area contributed by atoms with Gasteiger partial charge in [0.25, 0.3) is 0 Å². The van der Waals surface area contributed by atoms with Gasteiger partial charge in [-0.15, -0.1) is 0 Å². The van der Waals surface area contributed by atoms with Crippen LogP contribution in [0.3, 0.4) is 0 Å². The lowest BCUT2D eigenvalue weighted by Gasteiger charge is -2.29. The average molecular weight is 413 g/mol. The molecule has 2 aromatic carbocycles. The third-order valence-corrected chi connectivity index (χ3v) is 5.22. The molecule has 1 heterocycles. The largest absolute Gasteiger partial charge is 0.478 e. The molecule has 0 saturated carbocycles. The van der Waals surface area contributed by atoms with Crippen molar-refractivity contribution in [3.63, 3.8) is 0 Å². The number of alkyl halides is 3. The molecule has 0 radical (unpaired) electrons. The summed E-state index contributed by atoms with van der Waals surface area (Å²) < 4.78 is 62.4. The van der Waals surface area contributed by atoms with Crippen LogP contribution in [-0.4, -0.2) is 25.7 Å². The molecule has 0 saturated heterocycles. The van der Waals surface area contributed by atoms with Gasteiger partial charge in [-0.05, 0) is 41.5 Å². The third-order valence-electron chi connectivity index (χ3n) is 4.29. The van der Waals surface area contributed by atoms with Crippen molar-refractivity contribution >= 4 is 16.0 Å². The van der Waals surface area contributed by atoms with Crippen molar-refractivity contribution in [1.82, 2.24) is 10.9 Å². The molecule has 11 heteroatoms. The first-order chi connectivity index (χ1) is 12.9. The van der Waals surface area contributed by atoms with Crippen LogP contribution in [0.1, 0.15) is 21.5 Å². The van der Waals surface area contributed by atoms with Gasteiger partial charge in [0.2, 0.25) is 10.0 Å². The smallest absolute Gasteiger partial charge is 0.432 e. The van der Waals surface area contributed by atoms with Crippen LogP contribution in [0.25, 0.3) is 0 Å². The fourth-order valence-electron chi connectivity index (χ4n) is 2.87. The molecule has 1 atom stereocenters. The Hall–Kier alpha value is -2.89. The van der Waals surface area contributed by atoms with E-state index in [0.717, 1.165) is 6.08 Å². The molecule has 2 aromatic rings. The quantitative estimate of drug-likeness (QED) is 0.607. The average Bonchev–Trinajstić information content (AvgIpc) is 3.08. The van der Waals surface area contributed by atoms with Crippen molar-refractivity contribution in [2.75, 3.05) is 0 Å². The van der Waals surface area contributed by atoms with Crippen LogP contribution in [0.15, 0.2) is 65.2 Å². The zero-order valence-electron chi connectivity index (χ0n) is 14.0. The molecule has 0 amide bonds. The topological polar surface area (TPSA) is 122 Å². The Morgan fingerprint density at radius 2 is 1.50 bits per heavy atom. The highest BCUT2D eigenvalue weighted by atomic mass is 32.2. The first kappa shape index (κ1) is 19.9. The molecule has 28 heavy (non-hydrogen) atoms. The van der Waals surface area contributed by atoms with E-state index >= 15 is 0 Å². The van der Waals surface area contributed by atoms with E-state index in [1.807, 2.05) is 0 Å². The van der Waals surface area contributed by atoms with E-state index in [-0.39, 0.29) is 16.0 Å². The molecule has 0 fully saturated rings. The minimum absolute atomic E-state index is 0.0329. The summed E-state index contributed by atoms with van der Waals surface area (Å²) in [5.41, 5.74) is 2.68. The summed E-state index contributed by atoms with van der Waals surface area (Å²) in [6, 6.07) is 10.3. The van der Waals surface area contributed by atoms with E-state index < -0.39 is 33.4 Å². The monoisotopic (exact) mass is 413 g/mol. The van der Waals surface area contributed by atoms with Crippen molar-refractivity contribution in [2.24, 2.45) is 5.14 Å². The summed E-state index contributed by atoms with van der Waals surface area (Å²) in [4.78, 5) is 10.8. The Morgan fingerprint density at radius 1 is 1.00 bits per heavy atom. The van der Waals surface area contributed by atoms with Gasteiger partial charge in [0, 0.05) is 0 Å². The van der Waals surface area contributed by atoms with Gasteiger partial charge in [0.05, 0.1) is 10.5 Å². The van der Waals surface area contributed by atoms with Crippen LogP contribution >= 0.6 is 0 Å². The maximum atomic E-state index is 13.2. The summed E-state index contributed by atoms with van der Waals surface area (Å²) >= 11 is 0. The van der Waals surface area contributed by atoms with E-state index in [1.54, 1.807) is 0 Å². The molecular formula is C17H14F3N3O4S. The number of hydrogen-bond donors (Lipinski definition) is 4. The zero-order chi connectivity index (χ0) is 20.7. The number of carboxylic acid groups (broad SMARTS) is 1. The van der Waals surface area contributed by atoms with Gasteiger partial charge >= 0.3 is 12.1 Å². The second-order valence-electron chi connectivity index (χ2n) is 6.07. The molecule has 148 valence electrons. The lowest BCUT2D eigenvalue weighted by atomic mass is 9.83. The van der Waals surface area contributed by atoms with Crippen LogP contribution in [0.2, 0.25) is 0 Å². The van der Waals surface area contributed by atoms with Crippen LogP contribution < -0.4 is 16.0 Å². The van der Waals surface area contributed by atoms with Crippen molar-refractivity contribution in [2.45, 2.75) is 16.6 Å². The summed E-state index contributed by atoms with van der Waals surface area (Å²) in [5.74, 6) is -1.18. The van der Waals surface area contributed by atoms with Gasteiger partial charge in [0.1, 0.15) is 11.2 Å². The number of allylic oxidation sites excluding steroid dienone is 1. The van der Waals surface area contributed by atoms with Gasteiger partial charge in [0.15, 0.2) is 0 Å². The number of halogens is 3. The molecule has 1 aliphatic heterocycles. The second-order valence-corrected chi connectivity index (χ2v) is 7.63. The molecule has 0 aromatic heterocycles. The highest BCUT2D eigenvalue weighted by Gasteiger charge is 2.45. The van der Waals surface area contributed by atoms with Crippen LogP contribution in [0.5, 0.6) is 0 Å². The van der Waals surface area contributed by atoms with E-state index in [4.69, 9.17) is 10.2 Å². The van der Waals surface area contributed by atoms with E-state index in [2.05, 4.69) is 10.9 Å². The van der Waals surface area contributed by atoms with Gasteiger partial charge < -0.3 is 10.5 Å². The SMILES string of the molecule is NS(=O)(=O)c1ccc(C2(c3ccc(C(=O)O)cc3)C=C(C(F)(F)F)NN2)cc1. The molecule has 0 spiro atoms. The maximum Gasteiger partial charge on any atom is 0.432 e. The fraction of sp³-hybridized carbons (Fsp3) is 0.118. The zero-order valence-corrected chi connectivity index (χ0v) is 14.8. The number of nitrogens with two attached hydrogens (primary N) is 1. The lowest BCUT2D eigenvalue weighted by molar-refractivity contribution is -0.0965. The Kier molecular flexibility index (Phi) is 4.69. The van der Waals surface area contributed by atoms with Crippen LogP contribution in [0.4, 0.5) is 13.2 Å². The number of carboxylic acids is 1. The Labute approximate surface area is 157 Å². The number of benzene rings is 2. The third kappa shape index (κ3) is 3.59. The molecule has 0 aliphatic carbocycles. The van der Waals surface area contributed by atoms with Crippen molar-refractivity contribution in [1.29, 1.82) is 0 Å². The molecule has 7 nitrogen and oxygen atoms in total. The van der Waals surface area contributed by atoms with Gasteiger partial charge in [-0.1, -0.05) is 24.3 Å². The highest BCUT2D eigenvalue weighted by Crippen LogP contribution is 2.38. The summed E-state index contributed by atoms with van der Waals surface area (Å²) in [5, 5.41) is 14.1. The number of primary sulfonamides is 1. The Morgan fingerprint density at radius 3 is 1.89 bits per heavy atom. The van der Waals surface area contributed by atoms with Crippen molar-refractivity contribution < 1.29 is 31.5 Å². The minimum atomic E-state index is -4.66. The highest BCUT2D eigenvalue weighted by molar-refractivity contribution is 7.89. The summed E-state index contributed by atoms with van der Waals surface area (Å²) in [7, 11) is -3.97. The maximum absolute atomic E-state index is 13.2. The fourth-order valence-corrected chi connectivity index (χ4v) is 3.38. The molecule has 0 bridgehead atoms. The number of hydrazine groups is 1. The molecule has 1 aliphatic rings. The molecule has 5 N–H and O–H groups in total. The van der Waals surface area contributed by atoms with E-state index in [0.29, 0.717) is 5.56 Å². The summed E-state index contributed by atoms with van der Waals surface area (Å²) in [6.07, 6.45) is -3.75. The molecule has 1 unspecified atom stereocenters. The van der Waals surface area contributed by atoms with Crippen molar-refractivity contribution in [3.8, 4) is 0 Å². The Balaban J connectivity index is 2.16. The first-order valence-electron chi connectivity index (χ1n) is 7.74. The van der Waals surface area contributed by atoms with Crippen LogP contribution in [0, 0.1) is 0 Å². The standard InChI is InChI=1S/C17H14F3N3O4S/c18-17(19,20)14-9-16(23-22-14,11-3-1-10(2-4-11)15(24)25)12-5-7-13(8-6-12)28(21,26)27/h1-9,22-23H,(H,24,25)(H2,21,26,27). The van der Waals surface area contributed by atoms with Gasteiger partial charge in [-0.2, -0.15) is 13.2 Å². The Bertz CT molecular complexity index is 1050. The number of hydrogen-bond acceptors (Lipinski definition) is 5. The molecular weight excluding hydrogens is 399 g/mol. The van der Waals surface area contributed by atoms with Crippen molar-refractivity contribution in [3.05, 3.63) is 77.0 Å². The number of sulfonamides is 1. The first-order valence-corrected chi connectivity index (χ1v) is 9.28. The second kappa shape index (κ2) is 6.62. The van der Waals surface area contributed by atoms with Gasteiger partial charge in [-0.25, -0.2) is 23.8 Å². The van der Waals surface area contributed by atoms with E-state index in [1.165, 1.54) is 48.5 Å². The predicted octanol–water partition coefficient (Wildman–Crippen LogP) is 1.83. The number of rotatable bonds is 4. The normalized spacial score (nSPS) is 19.8. The lowest BCUT2D eigenvalue weighted by Crippen LogP contribution is -2.44. The predicted molar refractivity (Wildman–Crippen MR) is 92.4 cm³/mol. The molecule has 3 rings (SSSR count). The minimum Gasteiger partial charge on any atom is -0.478 e. The van der Waals surface area contributed by atoms with Gasteiger partial charge in [-0.3, -0.25) is 0 Å².